The monoisotopic (exact) mass is 175 g/mol. The van der Waals surface area contributed by atoms with Gasteiger partial charge < -0.3 is 5.32 Å². The van der Waals surface area contributed by atoms with E-state index < -0.39 is 0 Å². The van der Waals surface area contributed by atoms with Gasteiger partial charge in [-0.05, 0) is 49.9 Å². The summed E-state index contributed by atoms with van der Waals surface area (Å²) in [6.07, 6.45) is 1.37. The van der Waals surface area contributed by atoms with Crippen LogP contribution in [-0.2, 0) is 0 Å². The predicted molar refractivity (Wildman–Crippen MR) is 56.0 cm³/mol. The van der Waals surface area contributed by atoms with Crippen molar-refractivity contribution in [2.24, 2.45) is 5.92 Å². The molecule has 0 bridgehead atoms. The molecule has 1 aromatic rings. The van der Waals surface area contributed by atoms with Gasteiger partial charge in [-0.2, -0.15) is 0 Å². The van der Waals surface area contributed by atoms with Crippen molar-refractivity contribution < 1.29 is 0 Å². The zero-order valence-corrected chi connectivity index (χ0v) is 8.38. The summed E-state index contributed by atoms with van der Waals surface area (Å²) in [5.41, 5.74) is 3.01. The molecule has 0 aromatic heterocycles. The van der Waals surface area contributed by atoms with Gasteiger partial charge in [0.2, 0.25) is 0 Å². The van der Waals surface area contributed by atoms with E-state index in [2.05, 4.69) is 36.5 Å². The highest BCUT2D eigenvalue weighted by Crippen LogP contribution is 2.47. The van der Waals surface area contributed by atoms with Crippen molar-refractivity contribution in [1.29, 1.82) is 0 Å². The maximum absolute atomic E-state index is 3.25. The summed E-state index contributed by atoms with van der Waals surface area (Å²) >= 11 is 0. The minimum absolute atomic E-state index is 0.827. The fourth-order valence-corrected chi connectivity index (χ4v) is 2.12. The van der Waals surface area contributed by atoms with Crippen molar-refractivity contribution in [2.75, 3.05) is 13.6 Å². The third-order valence-electron chi connectivity index (χ3n) is 2.98. The van der Waals surface area contributed by atoms with E-state index in [9.17, 15) is 0 Å². The van der Waals surface area contributed by atoms with Crippen LogP contribution in [0.1, 0.15) is 23.5 Å². The first-order chi connectivity index (χ1) is 6.33. The second kappa shape index (κ2) is 3.51. The number of hydrogen-bond acceptors (Lipinski definition) is 1. The molecule has 0 amide bonds. The van der Waals surface area contributed by atoms with E-state index in [4.69, 9.17) is 0 Å². The molecule has 13 heavy (non-hydrogen) atoms. The third kappa shape index (κ3) is 1.75. The van der Waals surface area contributed by atoms with Crippen LogP contribution in [0.5, 0.6) is 0 Å². The van der Waals surface area contributed by atoms with E-state index in [-0.39, 0.29) is 0 Å². The summed E-state index contributed by atoms with van der Waals surface area (Å²) in [7, 11) is 2.03. The number of benzene rings is 1. The van der Waals surface area contributed by atoms with E-state index in [1.165, 1.54) is 18.5 Å². The number of aryl methyl sites for hydroxylation is 1. The molecule has 1 fully saturated rings. The van der Waals surface area contributed by atoms with Crippen LogP contribution in [0.15, 0.2) is 24.3 Å². The van der Waals surface area contributed by atoms with Gasteiger partial charge >= 0.3 is 0 Å². The Hall–Kier alpha value is -0.820. The lowest BCUT2D eigenvalue weighted by atomic mass is 10.0. The van der Waals surface area contributed by atoms with Crippen LogP contribution >= 0.6 is 0 Å². The first-order valence-corrected chi connectivity index (χ1v) is 5.03. The minimum atomic E-state index is 0.827. The normalized spacial score (nSPS) is 26.0. The van der Waals surface area contributed by atoms with Crippen molar-refractivity contribution in [2.45, 2.75) is 19.3 Å². The Bertz CT molecular complexity index is 293. The Balaban J connectivity index is 2.07. The molecule has 0 radical (unpaired) electrons. The van der Waals surface area contributed by atoms with Gasteiger partial charge in [-0.1, -0.05) is 24.3 Å². The molecule has 0 aliphatic heterocycles. The Labute approximate surface area is 80.2 Å². The largest absolute Gasteiger partial charge is 0.319 e. The van der Waals surface area contributed by atoms with E-state index >= 15 is 0 Å². The van der Waals surface area contributed by atoms with Crippen molar-refractivity contribution in [3.63, 3.8) is 0 Å². The number of nitrogens with one attached hydrogen (secondary N) is 1. The third-order valence-corrected chi connectivity index (χ3v) is 2.98. The highest BCUT2D eigenvalue weighted by atomic mass is 14.8. The lowest BCUT2D eigenvalue weighted by molar-refractivity contribution is 0.697. The molecular weight excluding hydrogens is 158 g/mol. The zero-order valence-electron chi connectivity index (χ0n) is 8.38. The predicted octanol–water partition coefficient (Wildman–Crippen LogP) is 2.32. The van der Waals surface area contributed by atoms with Gasteiger partial charge in [-0.15, -0.1) is 0 Å². The molecule has 2 unspecified atom stereocenters. The Morgan fingerprint density at radius 3 is 2.85 bits per heavy atom. The summed E-state index contributed by atoms with van der Waals surface area (Å²) in [5.74, 6) is 1.71. The van der Waals surface area contributed by atoms with Gasteiger partial charge in [-0.25, -0.2) is 0 Å². The van der Waals surface area contributed by atoms with Gasteiger partial charge in [-0.3, -0.25) is 0 Å². The molecule has 1 aliphatic carbocycles. The van der Waals surface area contributed by atoms with Gasteiger partial charge in [0, 0.05) is 0 Å². The van der Waals surface area contributed by atoms with Crippen molar-refractivity contribution >= 4 is 0 Å². The molecule has 1 aliphatic rings. The molecule has 0 saturated heterocycles. The SMILES string of the molecule is CNCC1CC1c1ccccc1C. The van der Waals surface area contributed by atoms with Crippen molar-refractivity contribution in [3.05, 3.63) is 35.4 Å². The van der Waals surface area contributed by atoms with Crippen LogP contribution in [-0.4, -0.2) is 13.6 Å². The Kier molecular flexibility index (Phi) is 2.36. The standard InChI is InChI=1S/C12H17N/c1-9-5-3-4-6-11(9)12-7-10(12)8-13-2/h3-6,10,12-13H,7-8H2,1-2H3. The van der Waals surface area contributed by atoms with Crippen LogP contribution in [0.3, 0.4) is 0 Å². The maximum atomic E-state index is 3.25. The molecule has 2 rings (SSSR count). The van der Waals surface area contributed by atoms with Gasteiger partial charge in [0.05, 0.1) is 0 Å². The highest BCUT2D eigenvalue weighted by molar-refractivity contribution is 5.33. The second-order valence-electron chi connectivity index (χ2n) is 4.02. The van der Waals surface area contributed by atoms with Crippen LogP contribution in [0.4, 0.5) is 0 Å². The smallest absolute Gasteiger partial charge is 0.00174 e. The summed E-state index contributed by atoms with van der Waals surface area (Å²) in [6.45, 7) is 3.38. The fraction of sp³-hybridized carbons (Fsp3) is 0.500. The first kappa shape index (κ1) is 8.76. The average Bonchev–Trinajstić information content (AvgIpc) is 2.86. The topological polar surface area (TPSA) is 12.0 Å². The van der Waals surface area contributed by atoms with Crippen LogP contribution in [0, 0.1) is 12.8 Å². The number of rotatable bonds is 3. The number of hydrogen-bond donors (Lipinski definition) is 1. The van der Waals surface area contributed by atoms with Crippen molar-refractivity contribution in [1.82, 2.24) is 5.32 Å². The Morgan fingerprint density at radius 1 is 1.38 bits per heavy atom. The van der Waals surface area contributed by atoms with Crippen LogP contribution in [0.2, 0.25) is 0 Å². The molecule has 1 aromatic carbocycles. The molecule has 1 N–H and O–H groups in total. The minimum Gasteiger partial charge on any atom is -0.319 e. The second-order valence-corrected chi connectivity index (χ2v) is 4.02. The van der Waals surface area contributed by atoms with Gasteiger partial charge in [0.1, 0.15) is 0 Å². The quantitative estimate of drug-likeness (QED) is 0.743. The summed E-state index contributed by atoms with van der Waals surface area (Å²) in [6, 6.07) is 8.76. The van der Waals surface area contributed by atoms with Crippen LogP contribution in [0.25, 0.3) is 0 Å². The lowest BCUT2D eigenvalue weighted by Crippen LogP contribution is -2.10. The van der Waals surface area contributed by atoms with E-state index in [0.29, 0.717) is 0 Å². The molecule has 1 heteroatoms. The van der Waals surface area contributed by atoms with E-state index in [1.807, 2.05) is 7.05 Å². The van der Waals surface area contributed by atoms with E-state index in [1.54, 1.807) is 5.56 Å². The highest BCUT2D eigenvalue weighted by Gasteiger charge is 2.37. The Morgan fingerprint density at radius 2 is 2.15 bits per heavy atom. The van der Waals surface area contributed by atoms with Crippen LogP contribution < -0.4 is 5.32 Å². The maximum Gasteiger partial charge on any atom is -0.00174 e. The molecular formula is C12H17N. The summed E-state index contributed by atoms with van der Waals surface area (Å²) in [4.78, 5) is 0. The van der Waals surface area contributed by atoms with Gasteiger partial charge in [0.15, 0.2) is 0 Å². The lowest BCUT2D eigenvalue weighted by Gasteiger charge is -2.03. The molecule has 0 spiro atoms. The van der Waals surface area contributed by atoms with Crippen molar-refractivity contribution in [3.8, 4) is 0 Å². The molecule has 2 atom stereocenters. The van der Waals surface area contributed by atoms with Gasteiger partial charge in [0.25, 0.3) is 0 Å². The molecule has 1 nitrogen and oxygen atoms in total. The average molecular weight is 175 g/mol. The molecule has 1 saturated carbocycles. The fourth-order valence-electron chi connectivity index (χ4n) is 2.12. The summed E-state index contributed by atoms with van der Waals surface area (Å²) < 4.78 is 0. The molecule has 0 heterocycles. The summed E-state index contributed by atoms with van der Waals surface area (Å²) in [5, 5.41) is 3.25. The van der Waals surface area contributed by atoms with E-state index in [0.717, 1.165) is 11.8 Å². The molecule has 70 valence electrons. The zero-order chi connectivity index (χ0) is 9.26. The first-order valence-electron chi connectivity index (χ1n) is 5.03.